The van der Waals surface area contributed by atoms with Crippen LogP contribution < -0.4 is 4.90 Å². The van der Waals surface area contributed by atoms with Crippen LogP contribution in [0.2, 0.25) is 10.2 Å². The molecule has 2 rings (SSSR count). The predicted molar refractivity (Wildman–Crippen MR) is 126 cm³/mol. The number of benzene rings is 1. The highest BCUT2D eigenvalue weighted by atomic mass is 35.5. The molecule has 1 heterocycles. The van der Waals surface area contributed by atoms with Gasteiger partial charge in [-0.1, -0.05) is 23.2 Å². The molecule has 12 heteroatoms. The number of aromatic nitrogens is 1. The molecule has 2 aromatic rings. The first-order valence-corrected chi connectivity index (χ1v) is 10.9. The van der Waals surface area contributed by atoms with Crippen molar-refractivity contribution in [2.24, 2.45) is 0 Å². The summed E-state index contributed by atoms with van der Waals surface area (Å²) in [5.41, 5.74) is -5.04. The summed E-state index contributed by atoms with van der Waals surface area (Å²) in [6, 6.07) is 3.33. The second kappa shape index (κ2) is 10.3. The normalized spacial score (nSPS) is 11.6. The van der Waals surface area contributed by atoms with Gasteiger partial charge in [-0.15, -0.1) is 0 Å². The van der Waals surface area contributed by atoms with Crippen LogP contribution in [0.1, 0.15) is 52.0 Å². The monoisotopic (exact) mass is 532 g/mol. The molecule has 8 nitrogen and oxygen atoms in total. The molecule has 0 bridgehead atoms. The average molecular weight is 533 g/mol. The first kappa shape index (κ1) is 28.3. The molecule has 1 aromatic heterocycles. The molecule has 0 N–H and O–H groups in total. The van der Waals surface area contributed by atoms with E-state index >= 15 is 4.39 Å². The molecular weight excluding hydrogens is 509 g/mol. The molecule has 0 spiro atoms. The Balaban J connectivity index is 3.00. The number of rotatable bonds is 3. The highest BCUT2D eigenvalue weighted by Crippen LogP contribution is 2.42. The number of esters is 1. The van der Waals surface area contributed by atoms with E-state index in [1.165, 1.54) is 47.6 Å². The number of amides is 2. The molecule has 0 unspecified atom stereocenters. The fraction of sp³-hybridized carbons (Fsp3) is 0.391. The molecule has 0 aliphatic heterocycles. The van der Waals surface area contributed by atoms with E-state index in [2.05, 4.69) is 9.72 Å². The van der Waals surface area contributed by atoms with Crippen LogP contribution in [0.25, 0.3) is 11.1 Å². The summed E-state index contributed by atoms with van der Waals surface area (Å²) in [7, 11) is 0.962. The summed E-state index contributed by atoms with van der Waals surface area (Å²) >= 11 is 12.1. The predicted octanol–water partition coefficient (Wildman–Crippen LogP) is 6.80. The minimum Gasteiger partial charge on any atom is -0.464 e. The minimum absolute atomic E-state index is 0.0136. The number of methoxy groups -OCH3 is 1. The lowest BCUT2D eigenvalue weighted by Crippen LogP contribution is -2.44. The topological polar surface area (TPSA) is 95.0 Å². The van der Waals surface area contributed by atoms with Crippen molar-refractivity contribution in [2.75, 3.05) is 12.0 Å². The van der Waals surface area contributed by atoms with E-state index in [1.54, 1.807) is 0 Å². The van der Waals surface area contributed by atoms with Gasteiger partial charge < -0.3 is 14.2 Å². The van der Waals surface area contributed by atoms with Gasteiger partial charge in [0.25, 0.3) is 0 Å². The van der Waals surface area contributed by atoms with Crippen LogP contribution >= 0.6 is 23.2 Å². The number of carbonyl (C=O) groups excluding carboxylic acids is 3. The van der Waals surface area contributed by atoms with Gasteiger partial charge in [-0.3, -0.25) is 0 Å². The van der Waals surface area contributed by atoms with Crippen molar-refractivity contribution in [3.63, 3.8) is 0 Å². The van der Waals surface area contributed by atoms with Gasteiger partial charge in [-0.2, -0.15) is 4.90 Å². The van der Waals surface area contributed by atoms with E-state index in [0.29, 0.717) is 0 Å². The summed E-state index contributed by atoms with van der Waals surface area (Å²) in [5, 5.41) is -0.597. The van der Waals surface area contributed by atoms with Crippen LogP contribution in [-0.2, 0) is 14.2 Å². The molecule has 190 valence electrons. The van der Waals surface area contributed by atoms with Gasteiger partial charge in [0.1, 0.15) is 27.9 Å². The van der Waals surface area contributed by atoms with E-state index in [0.717, 1.165) is 19.2 Å². The molecule has 0 radical (unpaired) electrons. The SMILES string of the molecule is COC(=O)c1nc(Cl)c(-c2ccc(Cl)cc2F)c(N(C(=O)OC(C)(C)C)C(=O)OC(C)(C)C)c1F. The minimum atomic E-state index is -1.50. The Labute approximate surface area is 211 Å². The number of nitrogens with zero attached hydrogens (tertiary/aromatic N) is 2. The summed E-state index contributed by atoms with van der Waals surface area (Å²) in [4.78, 5) is 42.4. The molecule has 0 saturated carbocycles. The highest BCUT2D eigenvalue weighted by molar-refractivity contribution is 6.34. The molecule has 35 heavy (non-hydrogen) atoms. The zero-order valence-corrected chi connectivity index (χ0v) is 21.6. The number of halogens is 4. The molecule has 0 saturated heterocycles. The fourth-order valence-corrected chi connectivity index (χ4v) is 3.20. The average Bonchev–Trinajstić information content (AvgIpc) is 2.68. The molecule has 1 aromatic carbocycles. The number of anilines is 1. The van der Waals surface area contributed by atoms with E-state index in [1.807, 2.05) is 0 Å². The second-order valence-electron chi connectivity index (χ2n) is 9.20. The Bertz CT molecular complexity index is 1150. The maximum atomic E-state index is 15.9. The highest BCUT2D eigenvalue weighted by Gasteiger charge is 2.39. The van der Waals surface area contributed by atoms with Gasteiger partial charge in [0.15, 0.2) is 11.5 Å². The van der Waals surface area contributed by atoms with Crippen LogP contribution in [0.4, 0.5) is 24.1 Å². The van der Waals surface area contributed by atoms with Crippen molar-refractivity contribution < 1.29 is 37.4 Å². The lowest BCUT2D eigenvalue weighted by atomic mass is 10.0. The van der Waals surface area contributed by atoms with Crippen LogP contribution in [0.3, 0.4) is 0 Å². The second-order valence-corrected chi connectivity index (χ2v) is 10.00. The van der Waals surface area contributed by atoms with E-state index in [9.17, 15) is 18.8 Å². The molecule has 2 amide bonds. The van der Waals surface area contributed by atoms with Gasteiger partial charge in [0, 0.05) is 16.1 Å². The Morgan fingerprint density at radius 3 is 1.89 bits per heavy atom. The fourth-order valence-electron chi connectivity index (χ4n) is 2.77. The molecule has 0 aliphatic carbocycles. The van der Waals surface area contributed by atoms with Crippen molar-refractivity contribution in [1.29, 1.82) is 0 Å². The zero-order valence-electron chi connectivity index (χ0n) is 20.1. The van der Waals surface area contributed by atoms with Gasteiger partial charge >= 0.3 is 18.2 Å². The smallest absolute Gasteiger partial charge is 0.424 e. The number of ether oxygens (including phenoxy) is 3. The Hall–Kier alpha value is -2.98. The Morgan fingerprint density at radius 1 is 0.943 bits per heavy atom. The van der Waals surface area contributed by atoms with Gasteiger partial charge in [0.05, 0.1) is 7.11 Å². The number of carbonyl (C=O) groups is 3. The van der Waals surface area contributed by atoms with Crippen LogP contribution in [0.15, 0.2) is 18.2 Å². The number of imide groups is 1. The maximum Gasteiger partial charge on any atom is 0.424 e. The first-order valence-electron chi connectivity index (χ1n) is 10.2. The van der Waals surface area contributed by atoms with E-state index < -0.39 is 63.1 Å². The van der Waals surface area contributed by atoms with Crippen LogP contribution in [-0.4, -0.2) is 41.5 Å². The van der Waals surface area contributed by atoms with Crippen molar-refractivity contribution >= 4 is 47.0 Å². The molecule has 0 fully saturated rings. The summed E-state index contributed by atoms with van der Waals surface area (Å²) in [6.07, 6.45) is -2.75. The third-order valence-corrected chi connectivity index (χ3v) is 4.53. The van der Waals surface area contributed by atoms with Gasteiger partial charge in [-0.25, -0.2) is 28.1 Å². The van der Waals surface area contributed by atoms with Crippen molar-refractivity contribution in [2.45, 2.75) is 52.7 Å². The van der Waals surface area contributed by atoms with Crippen LogP contribution in [0.5, 0.6) is 0 Å². The maximum absolute atomic E-state index is 15.9. The number of hydrogen-bond acceptors (Lipinski definition) is 7. The molecule has 0 aliphatic rings. The lowest BCUT2D eigenvalue weighted by Gasteiger charge is -2.30. The van der Waals surface area contributed by atoms with Crippen LogP contribution in [0, 0.1) is 11.6 Å². The van der Waals surface area contributed by atoms with Gasteiger partial charge in [-0.05, 0) is 59.7 Å². The summed E-state index contributed by atoms with van der Waals surface area (Å²) in [6.45, 7) is 9.05. The quantitative estimate of drug-likeness (QED) is 0.243. The molecular formula is C23H24Cl2F2N2O6. The lowest BCUT2D eigenvalue weighted by molar-refractivity contribution is 0.0426. The van der Waals surface area contributed by atoms with E-state index in [4.69, 9.17) is 32.7 Å². The standard InChI is InChI=1S/C23H24Cl2F2N2O6/c1-22(2,3)34-20(31)29(21(32)35-23(4,5)6)17-14(12-9-8-11(24)10-13(12)26)18(25)28-16(15(17)27)19(30)33-7/h8-10H,1-7H3. The molecule has 0 atom stereocenters. The third-order valence-electron chi connectivity index (χ3n) is 4.02. The summed E-state index contributed by atoms with van der Waals surface area (Å²) in [5.74, 6) is -3.73. The zero-order chi connectivity index (χ0) is 26.9. The van der Waals surface area contributed by atoms with Crippen molar-refractivity contribution in [1.82, 2.24) is 4.98 Å². The largest absolute Gasteiger partial charge is 0.464 e. The van der Waals surface area contributed by atoms with Gasteiger partial charge in [0.2, 0.25) is 0 Å². The van der Waals surface area contributed by atoms with E-state index in [-0.39, 0.29) is 15.5 Å². The first-order chi connectivity index (χ1) is 16.0. The third kappa shape index (κ3) is 6.79. The van der Waals surface area contributed by atoms with Crippen molar-refractivity contribution in [3.05, 3.63) is 45.7 Å². The Kier molecular flexibility index (Phi) is 8.34. The van der Waals surface area contributed by atoms with Crippen molar-refractivity contribution in [3.8, 4) is 11.1 Å². The summed E-state index contributed by atoms with van der Waals surface area (Å²) < 4.78 is 45.9. The number of pyridine rings is 1. The Morgan fingerprint density at radius 2 is 1.46 bits per heavy atom. The number of hydrogen-bond donors (Lipinski definition) is 0.